The average molecular weight is 486 g/mol. The van der Waals surface area contributed by atoms with Gasteiger partial charge in [-0.05, 0) is 42.7 Å². The number of ether oxygens (including phenoxy) is 1. The van der Waals surface area contributed by atoms with Crippen molar-refractivity contribution < 1.29 is 9.53 Å². The third kappa shape index (κ3) is 5.01. The molecule has 3 atom stereocenters. The van der Waals surface area contributed by atoms with E-state index in [1.165, 1.54) is 0 Å². The van der Waals surface area contributed by atoms with Gasteiger partial charge in [0.1, 0.15) is 12.2 Å². The molecule has 9 nitrogen and oxygen atoms in total. The van der Waals surface area contributed by atoms with E-state index in [4.69, 9.17) is 4.74 Å². The summed E-state index contributed by atoms with van der Waals surface area (Å²) in [4.78, 5) is 24.0. The summed E-state index contributed by atoms with van der Waals surface area (Å²) in [5.41, 5.74) is 3.66. The fraction of sp³-hybridized carbons (Fsp3) is 0.444. The van der Waals surface area contributed by atoms with E-state index < -0.39 is 0 Å². The van der Waals surface area contributed by atoms with Crippen molar-refractivity contribution in [2.75, 3.05) is 37.7 Å². The Morgan fingerprint density at radius 3 is 2.89 bits per heavy atom. The Balaban J connectivity index is 1.17. The van der Waals surface area contributed by atoms with E-state index >= 15 is 0 Å². The quantitative estimate of drug-likeness (QED) is 0.661. The smallest absolute Gasteiger partial charge is 0.227 e. The number of anilines is 1. The molecule has 0 aliphatic carbocycles. The Morgan fingerprint density at radius 1 is 1.19 bits per heavy atom. The molecule has 1 aromatic heterocycles. The Labute approximate surface area is 211 Å². The van der Waals surface area contributed by atoms with Gasteiger partial charge < -0.3 is 14.5 Å². The molecule has 0 bridgehead atoms. The second-order valence-electron chi connectivity index (χ2n) is 9.66. The van der Waals surface area contributed by atoms with Gasteiger partial charge in [0, 0.05) is 51.1 Å². The molecule has 9 heteroatoms. The molecule has 2 fully saturated rings. The van der Waals surface area contributed by atoms with E-state index in [1.54, 1.807) is 18.7 Å². The van der Waals surface area contributed by atoms with E-state index in [1.807, 2.05) is 47.1 Å². The molecule has 3 aliphatic heterocycles. The molecule has 4 heterocycles. The molecule has 3 unspecified atom stereocenters. The number of pyridine rings is 1. The number of carbonyl (C=O) groups is 1. The van der Waals surface area contributed by atoms with Crippen molar-refractivity contribution in [3.63, 3.8) is 0 Å². The number of nitrogens with zero attached hydrogens (tertiary/aromatic N) is 7. The first-order chi connectivity index (χ1) is 17.5. The first-order valence-corrected chi connectivity index (χ1v) is 12.4. The van der Waals surface area contributed by atoms with Gasteiger partial charge in [-0.3, -0.25) is 9.69 Å². The van der Waals surface area contributed by atoms with Crippen LogP contribution in [0.4, 0.5) is 5.82 Å². The normalized spacial score (nSPS) is 24.2. The maximum atomic E-state index is 13.1. The minimum Gasteiger partial charge on any atom is -0.370 e. The fourth-order valence-electron chi connectivity index (χ4n) is 5.13. The summed E-state index contributed by atoms with van der Waals surface area (Å²) >= 11 is 0. The molecule has 0 N–H and O–H groups in total. The first-order valence-electron chi connectivity index (χ1n) is 12.4. The Kier molecular flexibility index (Phi) is 7.07. The highest BCUT2D eigenvalue weighted by atomic mass is 16.5. The lowest BCUT2D eigenvalue weighted by Gasteiger charge is -2.46. The molecular weight excluding hydrogens is 454 g/mol. The van der Waals surface area contributed by atoms with Crippen molar-refractivity contribution in [3.8, 4) is 6.07 Å². The number of benzene rings is 1. The zero-order chi connectivity index (χ0) is 25.1. The SMILES string of the molecule is Cc1c(C#N)cccc1C1CN2CCN(C(=O)Cc3ccc(N4C=NN=CCC4C)nc3)CC2CO1. The minimum atomic E-state index is -0.0510. The van der Waals surface area contributed by atoms with Crippen LogP contribution in [0.1, 0.15) is 41.7 Å². The van der Waals surface area contributed by atoms with Crippen molar-refractivity contribution in [2.24, 2.45) is 10.2 Å². The van der Waals surface area contributed by atoms with Crippen LogP contribution in [0.25, 0.3) is 0 Å². The molecule has 36 heavy (non-hydrogen) atoms. The zero-order valence-electron chi connectivity index (χ0n) is 20.7. The largest absolute Gasteiger partial charge is 0.370 e. The van der Waals surface area contributed by atoms with Crippen LogP contribution in [0.15, 0.2) is 46.7 Å². The van der Waals surface area contributed by atoms with Gasteiger partial charge in [-0.25, -0.2) is 4.98 Å². The number of piperazine rings is 1. The summed E-state index contributed by atoms with van der Waals surface area (Å²) in [5, 5.41) is 17.3. The maximum Gasteiger partial charge on any atom is 0.227 e. The van der Waals surface area contributed by atoms with Crippen LogP contribution in [0, 0.1) is 18.3 Å². The van der Waals surface area contributed by atoms with Crippen molar-refractivity contribution in [1.29, 1.82) is 5.26 Å². The number of rotatable bonds is 4. The summed E-state index contributed by atoms with van der Waals surface area (Å²) in [6, 6.07) is 12.4. The van der Waals surface area contributed by atoms with Gasteiger partial charge in [0.25, 0.3) is 0 Å². The third-order valence-electron chi connectivity index (χ3n) is 7.37. The van der Waals surface area contributed by atoms with E-state index in [-0.39, 0.29) is 24.1 Å². The predicted molar refractivity (Wildman–Crippen MR) is 138 cm³/mol. The number of morpholine rings is 1. The summed E-state index contributed by atoms with van der Waals surface area (Å²) in [5.74, 6) is 0.910. The van der Waals surface area contributed by atoms with Crippen molar-refractivity contribution >= 4 is 24.3 Å². The molecule has 0 spiro atoms. The van der Waals surface area contributed by atoms with Gasteiger partial charge in [-0.2, -0.15) is 10.4 Å². The van der Waals surface area contributed by atoms with Gasteiger partial charge in [0.2, 0.25) is 5.91 Å². The number of nitriles is 1. The van der Waals surface area contributed by atoms with Gasteiger partial charge in [-0.1, -0.05) is 18.2 Å². The third-order valence-corrected chi connectivity index (χ3v) is 7.37. The lowest BCUT2D eigenvalue weighted by molar-refractivity contribution is -0.139. The molecule has 3 aliphatic rings. The highest BCUT2D eigenvalue weighted by Crippen LogP contribution is 2.30. The predicted octanol–water partition coefficient (Wildman–Crippen LogP) is 2.70. The van der Waals surface area contributed by atoms with Crippen LogP contribution in [0.2, 0.25) is 0 Å². The second kappa shape index (κ2) is 10.6. The molecule has 0 radical (unpaired) electrons. The Hall–Kier alpha value is -3.61. The van der Waals surface area contributed by atoms with E-state index in [2.05, 4.69) is 33.1 Å². The molecule has 1 amide bonds. The van der Waals surface area contributed by atoms with Crippen molar-refractivity contribution in [1.82, 2.24) is 14.8 Å². The topological polar surface area (TPSA) is 97.4 Å². The monoisotopic (exact) mass is 485 g/mol. The number of carbonyl (C=O) groups excluding carboxylic acids is 1. The lowest BCUT2D eigenvalue weighted by atomic mass is 9.96. The number of amides is 1. The second-order valence-corrected chi connectivity index (χ2v) is 9.66. The average Bonchev–Trinajstić information content (AvgIpc) is 3.13. The van der Waals surface area contributed by atoms with Crippen LogP contribution >= 0.6 is 0 Å². The standard InChI is InChI=1S/C27H31N7O2/c1-19-8-9-30-31-18-34(19)26-7-6-21(14-29-26)12-27(35)33-11-10-32-16-25(36-17-23(32)15-33)24-5-3-4-22(13-28)20(24)2/h3-7,9,14,18-19,23,25H,8,10-12,15-17H2,1-2H3. The molecule has 0 saturated carbocycles. The van der Waals surface area contributed by atoms with Crippen LogP contribution in [0.3, 0.4) is 0 Å². The van der Waals surface area contributed by atoms with Crippen molar-refractivity contribution in [3.05, 3.63) is 58.8 Å². The van der Waals surface area contributed by atoms with E-state index in [0.717, 1.165) is 42.0 Å². The van der Waals surface area contributed by atoms with Crippen LogP contribution in [-0.2, 0) is 16.0 Å². The number of fused-ring (bicyclic) bond motifs is 1. The molecule has 2 saturated heterocycles. The number of hydrogen-bond acceptors (Lipinski definition) is 8. The summed E-state index contributed by atoms with van der Waals surface area (Å²) in [7, 11) is 0. The molecule has 5 rings (SSSR count). The summed E-state index contributed by atoms with van der Waals surface area (Å²) in [6.45, 7) is 7.61. The number of hydrogen-bond donors (Lipinski definition) is 0. The molecular formula is C27H31N7O2. The number of aromatic nitrogens is 1. The van der Waals surface area contributed by atoms with E-state index in [0.29, 0.717) is 31.7 Å². The molecule has 186 valence electrons. The van der Waals surface area contributed by atoms with Crippen LogP contribution < -0.4 is 4.90 Å². The van der Waals surface area contributed by atoms with Gasteiger partial charge in [0.05, 0.1) is 36.8 Å². The molecule has 2 aromatic rings. The summed E-state index contributed by atoms with van der Waals surface area (Å²) < 4.78 is 6.23. The summed E-state index contributed by atoms with van der Waals surface area (Å²) in [6.07, 6.45) is 6.35. The van der Waals surface area contributed by atoms with Gasteiger partial charge in [0.15, 0.2) is 0 Å². The highest BCUT2D eigenvalue weighted by Gasteiger charge is 2.36. The Bertz CT molecular complexity index is 1200. The zero-order valence-corrected chi connectivity index (χ0v) is 20.7. The van der Waals surface area contributed by atoms with Gasteiger partial charge in [-0.15, -0.1) is 5.10 Å². The van der Waals surface area contributed by atoms with Crippen molar-refractivity contribution in [2.45, 2.75) is 44.9 Å². The van der Waals surface area contributed by atoms with E-state index in [9.17, 15) is 10.1 Å². The lowest BCUT2D eigenvalue weighted by Crippen LogP contribution is -2.59. The van der Waals surface area contributed by atoms with Gasteiger partial charge >= 0.3 is 0 Å². The Morgan fingerprint density at radius 2 is 2.08 bits per heavy atom. The maximum absolute atomic E-state index is 13.1. The fourth-order valence-corrected chi connectivity index (χ4v) is 5.13. The minimum absolute atomic E-state index is 0.0510. The van der Waals surface area contributed by atoms with Crippen LogP contribution in [0.5, 0.6) is 0 Å². The van der Waals surface area contributed by atoms with Crippen LogP contribution in [-0.4, -0.2) is 78.1 Å². The first kappa shape index (κ1) is 24.1. The molecule has 1 aromatic carbocycles. The highest BCUT2D eigenvalue weighted by molar-refractivity contribution is 5.81.